The van der Waals surface area contributed by atoms with Crippen molar-refractivity contribution in [2.24, 2.45) is 0 Å². The molecule has 0 aromatic heterocycles. The SMILES string of the molecule is CSc1cccc(NC(=O)CN2C(=O)S/C(=C/c3ccc(OCc4ccccc4)c(Br)c3)C2=O)c1. The molecule has 0 unspecified atom stereocenters. The zero-order valence-electron chi connectivity index (χ0n) is 18.7. The molecule has 0 saturated carbocycles. The predicted molar refractivity (Wildman–Crippen MR) is 144 cm³/mol. The lowest BCUT2D eigenvalue weighted by Gasteiger charge is -2.13. The number of anilines is 1. The first-order valence-electron chi connectivity index (χ1n) is 10.6. The maximum atomic E-state index is 12.8. The zero-order valence-corrected chi connectivity index (χ0v) is 21.9. The summed E-state index contributed by atoms with van der Waals surface area (Å²) in [6.45, 7) is 0.0861. The molecule has 1 aliphatic rings. The molecule has 6 nitrogen and oxygen atoms in total. The van der Waals surface area contributed by atoms with E-state index in [9.17, 15) is 14.4 Å². The van der Waals surface area contributed by atoms with Crippen molar-refractivity contribution in [2.75, 3.05) is 18.1 Å². The summed E-state index contributed by atoms with van der Waals surface area (Å²) >= 11 is 5.88. The van der Waals surface area contributed by atoms with Gasteiger partial charge in [0.15, 0.2) is 0 Å². The maximum Gasteiger partial charge on any atom is 0.294 e. The van der Waals surface area contributed by atoms with Crippen LogP contribution in [0.5, 0.6) is 5.75 Å². The minimum absolute atomic E-state index is 0.261. The molecule has 0 spiro atoms. The molecular formula is C26H21BrN2O4S2. The standard InChI is InChI=1S/C26H21BrN2O4S2/c1-34-20-9-5-8-19(14-20)28-24(30)15-29-25(31)23(35-26(29)32)13-18-10-11-22(21(27)12-18)33-16-17-6-3-2-4-7-17/h2-14H,15-16H2,1H3,(H,28,30)/b23-13+. The molecule has 1 aliphatic heterocycles. The number of nitrogens with one attached hydrogen (secondary N) is 1. The quantitative estimate of drug-likeness (QED) is 0.249. The van der Waals surface area contributed by atoms with Crippen molar-refractivity contribution in [1.29, 1.82) is 0 Å². The van der Waals surface area contributed by atoms with Gasteiger partial charge in [-0.3, -0.25) is 19.3 Å². The number of carbonyl (C=O) groups excluding carboxylic acids is 3. The van der Waals surface area contributed by atoms with Crippen LogP contribution in [0.3, 0.4) is 0 Å². The normalized spacial score (nSPS) is 14.5. The van der Waals surface area contributed by atoms with Crippen LogP contribution in [0.15, 0.2) is 87.1 Å². The fraction of sp³-hybridized carbons (Fsp3) is 0.115. The van der Waals surface area contributed by atoms with Gasteiger partial charge in [0.1, 0.15) is 18.9 Å². The highest BCUT2D eigenvalue weighted by molar-refractivity contribution is 9.10. The molecule has 0 aliphatic carbocycles. The molecule has 9 heteroatoms. The molecule has 0 bridgehead atoms. The molecule has 1 N–H and O–H groups in total. The smallest absolute Gasteiger partial charge is 0.294 e. The molecule has 1 fully saturated rings. The van der Waals surface area contributed by atoms with Gasteiger partial charge in [-0.25, -0.2) is 0 Å². The van der Waals surface area contributed by atoms with Crippen LogP contribution >= 0.6 is 39.5 Å². The second-order valence-electron chi connectivity index (χ2n) is 7.51. The summed E-state index contributed by atoms with van der Waals surface area (Å²) in [4.78, 5) is 39.9. The zero-order chi connectivity index (χ0) is 24.8. The summed E-state index contributed by atoms with van der Waals surface area (Å²) in [5.41, 5.74) is 2.40. The number of hydrogen-bond donors (Lipinski definition) is 1. The minimum Gasteiger partial charge on any atom is -0.488 e. The topological polar surface area (TPSA) is 75.7 Å². The van der Waals surface area contributed by atoms with Gasteiger partial charge in [0, 0.05) is 10.6 Å². The first-order chi connectivity index (χ1) is 16.9. The molecular weight excluding hydrogens is 548 g/mol. The Balaban J connectivity index is 1.39. The fourth-order valence-corrected chi connectivity index (χ4v) is 5.10. The Morgan fingerprint density at radius 3 is 2.63 bits per heavy atom. The summed E-state index contributed by atoms with van der Waals surface area (Å²) in [7, 11) is 0. The van der Waals surface area contributed by atoms with Gasteiger partial charge in [-0.2, -0.15) is 0 Å². The van der Waals surface area contributed by atoms with Crippen molar-refractivity contribution in [1.82, 2.24) is 4.90 Å². The first kappa shape index (κ1) is 25.1. The van der Waals surface area contributed by atoms with Crippen molar-refractivity contribution >= 4 is 68.3 Å². The number of nitrogens with zero attached hydrogens (tertiary/aromatic N) is 1. The molecule has 3 aromatic rings. The van der Waals surface area contributed by atoms with Crippen molar-refractivity contribution in [3.05, 3.63) is 93.3 Å². The fourth-order valence-electron chi connectivity index (χ4n) is 3.29. The number of halogens is 1. The Labute approximate surface area is 220 Å². The van der Waals surface area contributed by atoms with Gasteiger partial charge in [-0.15, -0.1) is 11.8 Å². The average Bonchev–Trinajstić information content (AvgIpc) is 3.11. The number of amides is 3. The molecule has 3 amide bonds. The summed E-state index contributed by atoms with van der Waals surface area (Å²) < 4.78 is 6.59. The van der Waals surface area contributed by atoms with Crippen molar-refractivity contribution < 1.29 is 19.1 Å². The third kappa shape index (κ3) is 6.56. The van der Waals surface area contributed by atoms with Gasteiger partial charge < -0.3 is 10.1 Å². The van der Waals surface area contributed by atoms with Crippen LogP contribution in [0.4, 0.5) is 10.5 Å². The van der Waals surface area contributed by atoms with Crippen LogP contribution in [0, 0.1) is 0 Å². The number of benzene rings is 3. The van der Waals surface area contributed by atoms with E-state index < -0.39 is 17.1 Å². The first-order valence-corrected chi connectivity index (χ1v) is 13.4. The second-order valence-corrected chi connectivity index (χ2v) is 10.2. The number of rotatable bonds is 8. The molecule has 0 radical (unpaired) electrons. The number of thioether (sulfide) groups is 2. The largest absolute Gasteiger partial charge is 0.488 e. The maximum absolute atomic E-state index is 12.8. The lowest BCUT2D eigenvalue weighted by Crippen LogP contribution is -2.36. The van der Waals surface area contributed by atoms with Gasteiger partial charge in [0.05, 0.1) is 9.38 Å². The Kier molecular flexibility index (Phi) is 8.33. The summed E-state index contributed by atoms with van der Waals surface area (Å²) in [5.74, 6) is -0.260. The van der Waals surface area contributed by atoms with E-state index in [-0.39, 0.29) is 11.4 Å². The lowest BCUT2D eigenvalue weighted by molar-refractivity contribution is -0.127. The van der Waals surface area contributed by atoms with E-state index in [1.807, 2.05) is 66.9 Å². The monoisotopic (exact) mass is 568 g/mol. The van der Waals surface area contributed by atoms with E-state index in [1.54, 1.807) is 30.0 Å². The van der Waals surface area contributed by atoms with Crippen LogP contribution in [0.25, 0.3) is 6.08 Å². The van der Waals surface area contributed by atoms with Crippen molar-refractivity contribution in [3.8, 4) is 5.75 Å². The van der Waals surface area contributed by atoms with E-state index in [0.29, 0.717) is 18.0 Å². The van der Waals surface area contributed by atoms with Gasteiger partial charge in [0.25, 0.3) is 11.1 Å². The van der Waals surface area contributed by atoms with Gasteiger partial charge in [-0.05, 0) is 81.5 Å². The summed E-state index contributed by atoms with van der Waals surface area (Å²) in [6, 6.07) is 22.6. The van der Waals surface area contributed by atoms with E-state index in [0.717, 1.165) is 37.2 Å². The molecule has 35 heavy (non-hydrogen) atoms. The number of carbonyl (C=O) groups is 3. The van der Waals surface area contributed by atoms with Crippen molar-refractivity contribution in [2.45, 2.75) is 11.5 Å². The Hall–Kier alpha value is -3.01. The van der Waals surface area contributed by atoms with Crippen molar-refractivity contribution in [3.63, 3.8) is 0 Å². The molecule has 1 heterocycles. The molecule has 3 aromatic carbocycles. The second kappa shape index (κ2) is 11.6. The van der Waals surface area contributed by atoms with Crippen LogP contribution in [-0.2, 0) is 16.2 Å². The molecule has 4 rings (SSSR count). The molecule has 0 atom stereocenters. The third-order valence-electron chi connectivity index (χ3n) is 5.02. The lowest BCUT2D eigenvalue weighted by atomic mass is 10.2. The average molecular weight is 570 g/mol. The van der Waals surface area contributed by atoms with Gasteiger partial charge >= 0.3 is 0 Å². The van der Waals surface area contributed by atoms with E-state index in [4.69, 9.17) is 4.74 Å². The Morgan fingerprint density at radius 2 is 1.89 bits per heavy atom. The summed E-state index contributed by atoms with van der Waals surface area (Å²) in [5, 5.41) is 2.26. The highest BCUT2D eigenvalue weighted by atomic mass is 79.9. The molecule has 1 saturated heterocycles. The number of hydrogen-bond acceptors (Lipinski definition) is 6. The number of imide groups is 1. The van der Waals surface area contributed by atoms with Crippen LogP contribution in [-0.4, -0.2) is 34.8 Å². The highest BCUT2D eigenvalue weighted by Gasteiger charge is 2.36. The Bertz CT molecular complexity index is 1300. The van der Waals surface area contributed by atoms with Crippen LogP contribution in [0.2, 0.25) is 0 Å². The predicted octanol–water partition coefficient (Wildman–Crippen LogP) is 6.43. The minimum atomic E-state index is -0.492. The number of ether oxygens (including phenoxy) is 1. The highest BCUT2D eigenvalue weighted by Crippen LogP contribution is 2.34. The Morgan fingerprint density at radius 1 is 1.09 bits per heavy atom. The third-order valence-corrected chi connectivity index (χ3v) is 7.27. The van der Waals surface area contributed by atoms with E-state index in [2.05, 4.69) is 21.2 Å². The van der Waals surface area contributed by atoms with Crippen LogP contribution < -0.4 is 10.1 Å². The molecule has 178 valence electrons. The van der Waals surface area contributed by atoms with E-state index in [1.165, 1.54) is 0 Å². The van der Waals surface area contributed by atoms with Gasteiger partial charge in [-0.1, -0.05) is 42.5 Å². The van der Waals surface area contributed by atoms with Gasteiger partial charge in [0.2, 0.25) is 5.91 Å². The summed E-state index contributed by atoms with van der Waals surface area (Å²) in [6.07, 6.45) is 3.58. The van der Waals surface area contributed by atoms with E-state index >= 15 is 0 Å². The van der Waals surface area contributed by atoms with Crippen LogP contribution in [0.1, 0.15) is 11.1 Å².